The van der Waals surface area contributed by atoms with E-state index in [0.717, 1.165) is 18.2 Å². The molecule has 0 bridgehead atoms. The molecule has 0 radical (unpaired) electrons. The SMILES string of the molecule is COc1ccc(CN(C)Cc2ccccc2)s1. The second-order valence-electron chi connectivity index (χ2n) is 4.08. The van der Waals surface area contributed by atoms with Crippen LogP contribution in [0.4, 0.5) is 0 Å². The summed E-state index contributed by atoms with van der Waals surface area (Å²) >= 11 is 1.71. The average Bonchev–Trinajstić information content (AvgIpc) is 2.78. The lowest BCUT2D eigenvalue weighted by atomic mass is 10.2. The minimum Gasteiger partial charge on any atom is -0.487 e. The van der Waals surface area contributed by atoms with Gasteiger partial charge in [0.2, 0.25) is 0 Å². The van der Waals surface area contributed by atoms with Crippen molar-refractivity contribution in [3.8, 4) is 5.06 Å². The molecule has 0 spiro atoms. The number of methoxy groups -OCH3 is 1. The summed E-state index contributed by atoms with van der Waals surface area (Å²) in [6.07, 6.45) is 0. The van der Waals surface area contributed by atoms with Crippen LogP contribution in [0.2, 0.25) is 0 Å². The Labute approximate surface area is 106 Å². The Kier molecular flexibility index (Phi) is 4.18. The summed E-state index contributed by atoms with van der Waals surface area (Å²) in [6, 6.07) is 14.7. The van der Waals surface area contributed by atoms with Gasteiger partial charge in [-0.25, -0.2) is 0 Å². The maximum absolute atomic E-state index is 5.19. The molecule has 17 heavy (non-hydrogen) atoms. The van der Waals surface area contributed by atoms with Crippen molar-refractivity contribution >= 4 is 11.3 Å². The molecule has 0 saturated carbocycles. The number of benzene rings is 1. The fraction of sp³-hybridized carbons (Fsp3) is 0.286. The van der Waals surface area contributed by atoms with Gasteiger partial charge in [0, 0.05) is 18.0 Å². The standard InChI is InChI=1S/C14H17NOS/c1-15(10-12-6-4-3-5-7-12)11-13-8-9-14(16-2)17-13/h3-9H,10-11H2,1-2H3. The van der Waals surface area contributed by atoms with E-state index in [4.69, 9.17) is 4.74 Å². The lowest BCUT2D eigenvalue weighted by Crippen LogP contribution is -2.16. The summed E-state index contributed by atoms with van der Waals surface area (Å²) in [5, 5.41) is 0.980. The molecule has 3 heteroatoms. The van der Waals surface area contributed by atoms with Crippen LogP contribution >= 0.6 is 11.3 Å². The van der Waals surface area contributed by atoms with E-state index in [2.05, 4.69) is 42.3 Å². The van der Waals surface area contributed by atoms with E-state index in [-0.39, 0.29) is 0 Å². The van der Waals surface area contributed by atoms with Crippen LogP contribution in [0, 0.1) is 0 Å². The number of nitrogens with zero attached hydrogens (tertiary/aromatic N) is 1. The van der Waals surface area contributed by atoms with Crippen LogP contribution in [0.25, 0.3) is 0 Å². The normalized spacial score (nSPS) is 10.8. The number of rotatable bonds is 5. The van der Waals surface area contributed by atoms with Crippen molar-refractivity contribution in [2.45, 2.75) is 13.1 Å². The average molecular weight is 247 g/mol. The van der Waals surface area contributed by atoms with Gasteiger partial charge in [0.05, 0.1) is 7.11 Å². The Hall–Kier alpha value is -1.32. The van der Waals surface area contributed by atoms with Crippen LogP contribution in [0.5, 0.6) is 5.06 Å². The van der Waals surface area contributed by atoms with Crippen molar-refractivity contribution in [1.29, 1.82) is 0 Å². The zero-order valence-electron chi connectivity index (χ0n) is 10.2. The highest BCUT2D eigenvalue weighted by Gasteiger charge is 2.04. The molecule has 1 aromatic carbocycles. The molecule has 0 saturated heterocycles. The smallest absolute Gasteiger partial charge is 0.173 e. The molecule has 1 aromatic heterocycles. The van der Waals surface area contributed by atoms with Gasteiger partial charge in [0.1, 0.15) is 0 Å². The van der Waals surface area contributed by atoms with Crippen LogP contribution in [0.15, 0.2) is 42.5 Å². The van der Waals surface area contributed by atoms with E-state index in [1.54, 1.807) is 18.4 Å². The Morgan fingerprint density at radius 3 is 2.47 bits per heavy atom. The highest BCUT2D eigenvalue weighted by Crippen LogP contribution is 2.24. The van der Waals surface area contributed by atoms with E-state index in [0.29, 0.717) is 0 Å². The van der Waals surface area contributed by atoms with Gasteiger partial charge in [-0.1, -0.05) is 30.3 Å². The number of ether oxygens (including phenoxy) is 1. The first kappa shape index (κ1) is 12.1. The van der Waals surface area contributed by atoms with Crippen molar-refractivity contribution in [2.75, 3.05) is 14.2 Å². The maximum atomic E-state index is 5.19. The van der Waals surface area contributed by atoms with Crippen LogP contribution < -0.4 is 4.74 Å². The summed E-state index contributed by atoms with van der Waals surface area (Å²) < 4.78 is 5.19. The largest absolute Gasteiger partial charge is 0.487 e. The third-order valence-electron chi connectivity index (χ3n) is 2.56. The lowest BCUT2D eigenvalue weighted by molar-refractivity contribution is 0.322. The molecular weight excluding hydrogens is 230 g/mol. The number of hydrogen-bond donors (Lipinski definition) is 0. The third kappa shape index (κ3) is 3.58. The van der Waals surface area contributed by atoms with Gasteiger partial charge in [0.25, 0.3) is 0 Å². The Bertz CT molecular complexity index is 452. The molecule has 0 amide bonds. The Morgan fingerprint density at radius 2 is 1.82 bits per heavy atom. The zero-order chi connectivity index (χ0) is 12.1. The van der Waals surface area contributed by atoms with Crippen LogP contribution in [0.3, 0.4) is 0 Å². The summed E-state index contributed by atoms with van der Waals surface area (Å²) in [4.78, 5) is 3.64. The summed E-state index contributed by atoms with van der Waals surface area (Å²) in [5.74, 6) is 0. The molecule has 0 N–H and O–H groups in total. The number of hydrogen-bond acceptors (Lipinski definition) is 3. The zero-order valence-corrected chi connectivity index (χ0v) is 11.0. The van der Waals surface area contributed by atoms with Gasteiger partial charge in [0.15, 0.2) is 5.06 Å². The van der Waals surface area contributed by atoms with Crippen LogP contribution in [-0.2, 0) is 13.1 Å². The third-order valence-corrected chi connectivity index (χ3v) is 3.59. The van der Waals surface area contributed by atoms with Gasteiger partial charge in [-0.15, -0.1) is 11.3 Å². The van der Waals surface area contributed by atoms with Gasteiger partial charge in [-0.3, -0.25) is 4.90 Å². The van der Waals surface area contributed by atoms with Gasteiger partial charge >= 0.3 is 0 Å². The first-order chi connectivity index (χ1) is 8.28. The quantitative estimate of drug-likeness (QED) is 0.803. The van der Waals surface area contributed by atoms with E-state index in [1.807, 2.05) is 12.1 Å². The highest BCUT2D eigenvalue weighted by molar-refractivity contribution is 7.13. The van der Waals surface area contributed by atoms with Crippen molar-refractivity contribution < 1.29 is 4.74 Å². The Morgan fingerprint density at radius 1 is 1.06 bits per heavy atom. The van der Waals surface area contributed by atoms with Gasteiger partial charge < -0.3 is 4.74 Å². The van der Waals surface area contributed by atoms with E-state index in [1.165, 1.54) is 10.4 Å². The van der Waals surface area contributed by atoms with E-state index in [9.17, 15) is 0 Å². The van der Waals surface area contributed by atoms with Crippen molar-refractivity contribution in [2.24, 2.45) is 0 Å². The lowest BCUT2D eigenvalue weighted by Gasteiger charge is -2.15. The molecule has 2 rings (SSSR count). The van der Waals surface area contributed by atoms with Gasteiger partial charge in [-0.05, 0) is 24.7 Å². The molecule has 1 heterocycles. The molecule has 0 fully saturated rings. The summed E-state index contributed by atoms with van der Waals surface area (Å²) in [5.41, 5.74) is 1.35. The predicted molar refractivity (Wildman–Crippen MR) is 72.5 cm³/mol. The molecule has 0 aliphatic carbocycles. The fourth-order valence-electron chi connectivity index (χ4n) is 1.77. The molecule has 0 unspecified atom stereocenters. The Balaban J connectivity index is 1.91. The van der Waals surface area contributed by atoms with Crippen molar-refractivity contribution in [3.05, 3.63) is 52.9 Å². The molecule has 0 aliphatic rings. The second kappa shape index (κ2) is 5.84. The highest BCUT2D eigenvalue weighted by atomic mass is 32.1. The predicted octanol–water partition coefficient (Wildman–Crippen LogP) is 3.39. The van der Waals surface area contributed by atoms with E-state index >= 15 is 0 Å². The van der Waals surface area contributed by atoms with Crippen LogP contribution in [-0.4, -0.2) is 19.1 Å². The first-order valence-corrected chi connectivity index (χ1v) is 6.45. The minimum atomic E-state index is 0.961. The first-order valence-electron chi connectivity index (χ1n) is 5.63. The molecule has 0 atom stereocenters. The topological polar surface area (TPSA) is 12.5 Å². The monoisotopic (exact) mass is 247 g/mol. The fourth-order valence-corrected chi connectivity index (χ4v) is 2.67. The maximum Gasteiger partial charge on any atom is 0.173 e. The molecule has 2 nitrogen and oxygen atoms in total. The number of thiophene rings is 1. The molecule has 0 aliphatic heterocycles. The van der Waals surface area contributed by atoms with Crippen molar-refractivity contribution in [1.82, 2.24) is 4.90 Å². The van der Waals surface area contributed by atoms with Gasteiger partial charge in [-0.2, -0.15) is 0 Å². The molecule has 2 aromatic rings. The second-order valence-corrected chi connectivity index (χ2v) is 5.21. The summed E-state index contributed by atoms with van der Waals surface area (Å²) in [6.45, 7) is 1.93. The van der Waals surface area contributed by atoms with Crippen molar-refractivity contribution in [3.63, 3.8) is 0 Å². The van der Waals surface area contributed by atoms with Crippen LogP contribution in [0.1, 0.15) is 10.4 Å². The van der Waals surface area contributed by atoms with E-state index < -0.39 is 0 Å². The summed E-state index contributed by atoms with van der Waals surface area (Å²) in [7, 11) is 3.85. The molecule has 90 valence electrons. The molecular formula is C14H17NOS. The minimum absolute atomic E-state index is 0.961.